The zero-order valence-corrected chi connectivity index (χ0v) is 10.9. The summed E-state index contributed by atoms with van der Waals surface area (Å²) in [5.74, 6) is -0.524. The van der Waals surface area contributed by atoms with E-state index in [-0.39, 0.29) is 5.57 Å². The Morgan fingerprint density at radius 3 is 2.78 bits per heavy atom. The highest BCUT2D eigenvalue weighted by atomic mass is 16.5. The smallest absolute Gasteiger partial charge is 0.348 e. The van der Waals surface area contributed by atoms with Gasteiger partial charge < -0.3 is 4.74 Å². The Hall–Kier alpha value is -1.82. The number of carbonyl (C=O) groups is 1. The minimum Gasteiger partial charge on any atom is -0.465 e. The second-order valence-corrected chi connectivity index (χ2v) is 4.79. The number of ether oxygens (including phenoxy) is 1. The molecule has 3 nitrogen and oxygen atoms in total. The lowest BCUT2D eigenvalue weighted by molar-refractivity contribution is -0.135. The second-order valence-electron chi connectivity index (χ2n) is 4.79. The number of rotatable bonds is 1. The van der Waals surface area contributed by atoms with E-state index < -0.39 is 5.97 Å². The lowest BCUT2D eigenvalue weighted by Crippen LogP contribution is -2.11. The van der Waals surface area contributed by atoms with Crippen LogP contribution in [0.5, 0.6) is 0 Å². The van der Waals surface area contributed by atoms with Gasteiger partial charge in [0.15, 0.2) is 0 Å². The van der Waals surface area contributed by atoms with Crippen molar-refractivity contribution < 1.29 is 9.53 Å². The van der Waals surface area contributed by atoms with Gasteiger partial charge >= 0.3 is 5.97 Å². The molecule has 0 amide bonds. The Labute approximate surface area is 107 Å². The van der Waals surface area contributed by atoms with Gasteiger partial charge in [0.2, 0.25) is 0 Å². The summed E-state index contributed by atoms with van der Waals surface area (Å²) in [5, 5.41) is 9.08. The van der Waals surface area contributed by atoms with Gasteiger partial charge in [0.25, 0.3) is 0 Å². The van der Waals surface area contributed by atoms with E-state index in [0.717, 1.165) is 31.3 Å². The third kappa shape index (κ3) is 2.24. The molecule has 0 N–H and O–H groups in total. The molecule has 0 aromatic heterocycles. The van der Waals surface area contributed by atoms with Crippen molar-refractivity contribution in [1.82, 2.24) is 0 Å². The Kier molecular flexibility index (Phi) is 3.66. The molecule has 0 aliphatic heterocycles. The summed E-state index contributed by atoms with van der Waals surface area (Å²) in [4.78, 5) is 11.5. The maximum Gasteiger partial charge on any atom is 0.348 e. The molecule has 0 spiro atoms. The van der Waals surface area contributed by atoms with Crippen molar-refractivity contribution in [2.75, 3.05) is 7.11 Å². The molecule has 0 unspecified atom stereocenters. The summed E-state index contributed by atoms with van der Waals surface area (Å²) in [6, 6.07) is 1.97. The molecule has 2 aliphatic rings. The molecule has 0 aromatic rings. The van der Waals surface area contributed by atoms with Gasteiger partial charge in [-0.1, -0.05) is 11.6 Å². The fraction of sp³-hybridized carbons (Fsp3) is 0.467. The van der Waals surface area contributed by atoms with Crippen LogP contribution in [0.25, 0.3) is 0 Å². The summed E-state index contributed by atoms with van der Waals surface area (Å²) in [6.07, 6.45) is 7.11. The number of carbonyl (C=O) groups excluding carboxylic acids is 1. The van der Waals surface area contributed by atoms with Crippen molar-refractivity contribution >= 4 is 5.97 Å². The maximum atomic E-state index is 11.5. The van der Waals surface area contributed by atoms with Gasteiger partial charge in [-0.05, 0) is 55.7 Å². The second kappa shape index (κ2) is 5.22. The molecule has 0 fully saturated rings. The van der Waals surface area contributed by atoms with Crippen LogP contribution < -0.4 is 0 Å². The predicted molar refractivity (Wildman–Crippen MR) is 68.5 cm³/mol. The van der Waals surface area contributed by atoms with Crippen LogP contribution in [0.4, 0.5) is 0 Å². The first-order valence-electron chi connectivity index (χ1n) is 6.28. The number of hydrogen-bond acceptors (Lipinski definition) is 3. The molecule has 0 saturated heterocycles. The minimum atomic E-state index is -0.524. The van der Waals surface area contributed by atoms with E-state index in [2.05, 4.69) is 11.7 Å². The van der Waals surface area contributed by atoms with Crippen molar-refractivity contribution in [3.05, 3.63) is 33.9 Å². The first-order valence-corrected chi connectivity index (χ1v) is 6.28. The number of fused-ring (bicyclic) bond motifs is 1. The van der Waals surface area contributed by atoms with E-state index in [1.54, 1.807) is 0 Å². The highest BCUT2D eigenvalue weighted by molar-refractivity contribution is 5.94. The van der Waals surface area contributed by atoms with Crippen molar-refractivity contribution in [3.63, 3.8) is 0 Å². The van der Waals surface area contributed by atoms with Crippen LogP contribution in [0.2, 0.25) is 0 Å². The predicted octanol–water partition coefficient (Wildman–Crippen LogP) is 3.20. The van der Waals surface area contributed by atoms with Crippen molar-refractivity contribution in [3.8, 4) is 6.07 Å². The Morgan fingerprint density at radius 1 is 1.33 bits per heavy atom. The molecule has 94 valence electrons. The van der Waals surface area contributed by atoms with Crippen molar-refractivity contribution in [2.45, 2.75) is 39.0 Å². The van der Waals surface area contributed by atoms with Gasteiger partial charge in [0.05, 0.1) is 7.11 Å². The van der Waals surface area contributed by atoms with E-state index >= 15 is 0 Å². The average Bonchev–Trinajstić information content (AvgIpc) is 2.39. The largest absolute Gasteiger partial charge is 0.465 e. The monoisotopic (exact) mass is 243 g/mol. The van der Waals surface area contributed by atoms with Crippen LogP contribution in [-0.2, 0) is 9.53 Å². The lowest BCUT2D eigenvalue weighted by atomic mass is 9.79. The van der Waals surface area contributed by atoms with Gasteiger partial charge in [-0.3, -0.25) is 0 Å². The highest BCUT2D eigenvalue weighted by Gasteiger charge is 2.23. The van der Waals surface area contributed by atoms with Crippen molar-refractivity contribution in [2.24, 2.45) is 0 Å². The van der Waals surface area contributed by atoms with Gasteiger partial charge in [0.1, 0.15) is 11.6 Å². The van der Waals surface area contributed by atoms with E-state index in [9.17, 15) is 4.79 Å². The third-order valence-corrected chi connectivity index (χ3v) is 3.72. The first kappa shape index (κ1) is 12.6. The maximum absolute atomic E-state index is 11.5. The molecule has 0 heterocycles. The minimum absolute atomic E-state index is 0.160. The zero-order valence-electron chi connectivity index (χ0n) is 10.9. The number of nitrogens with zero attached hydrogens (tertiary/aromatic N) is 1. The number of nitriles is 1. The molecular weight excluding hydrogens is 226 g/mol. The Morgan fingerprint density at radius 2 is 2.11 bits per heavy atom. The van der Waals surface area contributed by atoms with Crippen LogP contribution in [0, 0.1) is 11.3 Å². The molecule has 18 heavy (non-hydrogen) atoms. The molecule has 3 heteroatoms. The van der Waals surface area contributed by atoms with Crippen LogP contribution in [0.3, 0.4) is 0 Å². The zero-order chi connectivity index (χ0) is 13.1. The molecule has 0 radical (unpaired) electrons. The lowest BCUT2D eigenvalue weighted by Gasteiger charge is -2.26. The standard InChI is InChI=1S/C15H17NO2/c1-10-4-3-5-11-8-12(6-7-13(10)11)14(9-16)15(17)18-2/h8H,3-7H2,1-2H3/b14-12-. The summed E-state index contributed by atoms with van der Waals surface area (Å²) in [5.41, 5.74) is 5.19. The molecule has 0 bridgehead atoms. The molecule has 2 aliphatic carbocycles. The molecule has 2 rings (SSSR count). The fourth-order valence-electron chi connectivity index (χ4n) is 2.74. The number of esters is 1. The highest BCUT2D eigenvalue weighted by Crippen LogP contribution is 2.38. The van der Waals surface area contributed by atoms with E-state index in [1.807, 2.05) is 12.1 Å². The Bertz CT molecular complexity index is 515. The van der Waals surface area contributed by atoms with Crippen LogP contribution in [0.1, 0.15) is 39.0 Å². The summed E-state index contributed by atoms with van der Waals surface area (Å²) >= 11 is 0. The first-order chi connectivity index (χ1) is 8.67. The SMILES string of the molecule is COC(=O)/C(C#N)=C1\C=C2CCCC(C)=C2CC1. The summed E-state index contributed by atoms with van der Waals surface area (Å²) in [7, 11) is 1.31. The quantitative estimate of drug-likeness (QED) is 0.403. The molecular formula is C15H17NO2. The number of methoxy groups -OCH3 is 1. The van der Waals surface area contributed by atoms with Gasteiger partial charge in [-0.25, -0.2) is 4.79 Å². The van der Waals surface area contributed by atoms with E-state index in [0.29, 0.717) is 0 Å². The van der Waals surface area contributed by atoms with Crippen LogP contribution >= 0.6 is 0 Å². The topological polar surface area (TPSA) is 50.1 Å². The summed E-state index contributed by atoms with van der Waals surface area (Å²) in [6.45, 7) is 2.18. The average molecular weight is 243 g/mol. The molecule has 0 aromatic carbocycles. The number of allylic oxidation sites excluding steroid dienone is 5. The fourth-order valence-corrected chi connectivity index (χ4v) is 2.74. The Balaban J connectivity index is 2.43. The van der Waals surface area contributed by atoms with Gasteiger partial charge in [0, 0.05) is 0 Å². The van der Waals surface area contributed by atoms with E-state index in [1.165, 1.54) is 30.2 Å². The van der Waals surface area contributed by atoms with E-state index in [4.69, 9.17) is 5.26 Å². The van der Waals surface area contributed by atoms with Crippen LogP contribution in [-0.4, -0.2) is 13.1 Å². The third-order valence-electron chi connectivity index (χ3n) is 3.72. The molecule has 0 atom stereocenters. The molecule has 0 saturated carbocycles. The normalized spacial score (nSPS) is 21.7. The van der Waals surface area contributed by atoms with Crippen molar-refractivity contribution in [1.29, 1.82) is 5.26 Å². The van der Waals surface area contributed by atoms with Gasteiger partial charge in [-0.2, -0.15) is 5.26 Å². The van der Waals surface area contributed by atoms with Crippen LogP contribution in [0.15, 0.2) is 33.9 Å². The van der Waals surface area contributed by atoms with Gasteiger partial charge in [-0.15, -0.1) is 0 Å². The summed E-state index contributed by atoms with van der Waals surface area (Å²) < 4.78 is 4.65. The number of hydrogen-bond donors (Lipinski definition) is 0.